The summed E-state index contributed by atoms with van der Waals surface area (Å²) in [5, 5.41) is 3.39. The van der Waals surface area contributed by atoms with Crippen molar-refractivity contribution in [2.24, 2.45) is 5.73 Å². The molecule has 1 aromatic carbocycles. The lowest BCUT2D eigenvalue weighted by atomic mass is 10.2. The fourth-order valence-electron chi connectivity index (χ4n) is 1.25. The molecule has 1 unspecified atom stereocenters. The smallest absolute Gasteiger partial charge is 0.104 e. The first kappa shape index (κ1) is 14.4. The fraction of sp³-hybridized carbons (Fsp3) is 0.417. The van der Waals surface area contributed by atoms with Crippen molar-refractivity contribution in [2.45, 2.75) is 13.0 Å². The third kappa shape index (κ3) is 4.26. The van der Waals surface area contributed by atoms with Crippen LogP contribution in [0.15, 0.2) is 22.7 Å². The summed E-state index contributed by atoms with van der Waals surface area (Å²) in [6.07, 6.45) is 0. The van der Waals surface area contributed by atoms with E-state index in [1.54, 1.807) is 0 Å². The molecule has 0 aliphatic rings. The van der Waals surface area contributed by atoms with Crippen LogP contribution in [0.4, 0.5) is 5.69 Å². The average Bonchev–Trinajstić information content (AvgIpc) is 2.26. The monoisotopic (exact) mass is 315 g/mol. The third-order valence-electron chi connectivity index (χ3n) is 2.72. The minimum absolute atomic E-state index is 0.416. The van der Waals surface area contributed by atoms with Crippen LogP contribution in [0.25, 0.3) is 0 Å². The van der Waals surface area contributed by atoms with Gasteiger partial charge < -0.3 is 16.0 Å². The number of hydrogen-bond donors (Lipinski definition) is 2. The van der Waals surface area contributed by atoms with Crippen LogP contribution >= 0.6 is 28.1 Å². The second-order valence-electron chi connectivity index (χ2n) is 4.25. The number of benzene rings is 1. The summed E-state index contributed by atoms with van der Waals surface area (Å²) in [6, 6.07) is 6.32. The van der Waals surface area contributed by atoms with Gasteiger partial charge in [0.2, 0.25) is 0 Å². The number of thiocarbonyl (C=S) groups is 1. The Balaban J connectivity index is 2.70. The summed E-state index contributed by atoms with van der Waals surface area (Å²) in [7, 11) is 4.13. The molecule has 0 heterocycles. The van der Waals surface area contributed by atoms with Gasteiger partial charge in [-0.1, -0.05) is 12.2 Å². The predicted octanol–water partition coefficient (Wildman–Crippen LogP) is 2.45. The summed E-state index contributed by atoms with van der Waals surface area (Å²) in [5.41, 5.74) is 7.51. The van der Waals surface area contributed by atoms with E-state index in [1.165, 1.54) is 0 Å². The Bertz CT molecular complexity index is 407. The van der Waals surface area contributed by atoms with E-state index in [0.29, 0.717) is 11.0 Å². The van der Waals surface area contributed by atoms with Crippen molar-refractivity contribution in [3.63, 3.8) is 0 Å². The van der Waals surface area contributed by atoms with E-state index in [9.17, 15) is 0 Å². The zero-order valence-electron chi connectivity index (χ0n) is 10.3. The first-order valence-corrected chi connectivity index (χ1v) is 6.61. The second-order valence-corrected chi connectivity index (χ2v) is 5.55. The highest BCUT2D eigenvalue weighted by Gasteiger charge is 2.06. The van der Waals surface area contributed by atoms with E-state index in [-0.39, 0.29) is 0 Å². The standard InChI is InChI=1S/C12H18BrN3S/c1-8(16(2)3)7-15-11-5-4-9(12(14)17)6-10(11)13/h4-6,8,15H,7H2,1-3H3,(H2,14,17). The molecule has 0 fully saturated rings. The van der Waals surface area contributed by atoms with Crippen LogP contribution in [0.1, 0.15) is 12.5 Å². The maximum absolute atomic E-state index is 5.58. The van der Waals surface area contributed by atoms with Gasteiger partial charge in [0.1, 0.15) is 4.99 Å². The summed E-state index contributed by atoms with van der Waals surface area (Å²) < 4.78 is 0.980. The van der Waals surface area contributed by atoms with Crippen LogP contribution in [-0.4, -0.2) is 36.6 Å². The van der Waals surface area contributed by atoms with Gasteiger partial charge in [-0.2, -0.15) is 0 Å². The Morgan fingerprint density at radius 3 is 2.65 bits per heavy atom. The number of likely N-dealkylation sites (N-methyl/N-ethyl adjacent to an activating group) is 1. The molecule has 0 bridgehead atoms. The molecule has 1 rings (SSSR count). The van der Waals surface area contributed by atoms with E-state index in [1.807, 2.05) is 18.2 Å². The van der Waals surface area contributed by atoms with Crippen LogP contribution in [0.2, 0.25) is 0 Å². The van der Waals surface area contributed by atoms with Gasteiger partial charge in [0.05, 0.1) is 0 Å². The van der Waals surface area contributed by atoms with Crippen LogP contribution in [0.5, 0.6) is 0 Å². The van der Waals surface area contributed by atoms with E-state index in [0.717, 1.165) is 22.3 Å². The molecule has 0 aromatic heterocycles. The molecule has 3 nitrogen and oxygen atoms in total. The number of rotatable bonds is 5. The van der Waals surface area contributed by atoms with Crippen molar-refractivity contribution in [3.05, 3.63) is 28.2 Å². The van der Waals surface area contributed by atoms with Crippen molar-refractivity contribution in [2.75, 3.05) is 26.0 Å². The lowest BCUT2D eigenvalue weighted by molar-refractivity contribution is 0.326. The second kappa shape index (κ2) is 6.33. The maximum Gasteiger partial charge on any atom is 0.104 e. The third-order valence-corrected chi connectivity index (χ3v) is 3.61. The lowest BCUT2D eigenvalue weighted by Gasteiger charge is -2.21. The van der Waals surface area contributed by atoms with Crippen LogP contribution in [-0.2, 0) is 0 Å². The zero-order chi connectivity index (χ0) is 13.0. The van der Waals surface area contributed by atoms with E-state index in [4.69, 9.17) is 18.0 Å². The molecule has 5 heteroatoms. The molecule has 1 aromatic rings. The van der Waals surface area contributed by atoms with Gasteiger partial charge in [-0.05, 0) is 55.1 Å². The van der Waals surface area contributed by atoms with E-state index < -0.39 is 0 Å². The van der Waals surface area contributed by atoms with E-state index >= 15 is 0 Å². The summed E-state index contributed by atoms with van der Waals surface area (Å²) in [5.74, 6) is 0. The van der Waals surface area contributed by atoms with Gasteiger partial charge in [0.25, 0.3) is 0 Å². The molecule has 0 aliphatic heterocycles. The number of nitrogens with zero attached hydrogens (tertiary/aromatic N) is 1. The van der Waals surface area contributed by atoms with E-state index in [2.05, 4.69) is 47.2 Å². The minimum atomic E-state index is 0.416. The highest BCUT2D eigenvalue weighted by molar-refractivity contribution is 9.10. The Morgan fingerprint density at radius 2 is 2.18 bits per heavy atom. The number of halogens is 1. The molecule has 1 atom stereocenters. The van der Waals surface area contributed by atoms with Crippen molar-refractivity contribution in [1.82, 2.24) is 4.90 Å². The summed E-state index contributed by atoms with van der Waals surface area (Å²) in [4.78, 5) is 2.59. The van der Waals surface area contributed by atoms with Crippen molar-refractivity contribution < 1.29 is 0 Å². The molecule has 0 saturated heterocycles. The predicted molar refractivity (Wildman–Crippen MR) is 81.7 cm³/mol. The van der Waals surface area contributed by atoms with Gasteiger partial charge in [-0.3, -0.25) is 0 Å². The quantitative estimate of drug-likeness (QED) is 0.819. The molecule has 94 valence electrons. The Hall–Kier alpha value is -0.650. The highest BCUT2D eigenvalue weighted by Crippen LogP contribution is 2.23. The molecule has 0 radical (unpaired) electrons. The Kier molecular flexibility index (Phi) is 5.36. The van der Waals surface area contributed by atoms with Crippen molar-refractivity contribution >= 4 is 38.8 Å². The number of nitrogens with one attached hydrogen (secondary N) is 1. The lowest BCUT2D eigenvalue weighted by Crippen LogP contribution is -2.31. The maximum atomic E-state index is 5.58. The molecule has 0 spiro atoms. The average molecular weight is 316 g/mol. The fourth-order valence-corrected chi connectivity index (χ4v) is 1.90. The number of nitrogens with two attached hydrogens (primary N) is 1. The Morgan fingerprint density at radius 1 is 1.53 bits per heavy atom. The van der Waals surface area contributed by atoms with Gasteiger partial charge in [-0.15, -0.1) is 0 Å². The number of hydrogen-bond acceptors (Lipinski definition) is 3. The molecule has 17 heavy (non-hydrogen) atoms. The van der Waals surface area contributed by atoms with Crippen LogP contribution < -0.4 is 11.1 Å². The molecule has 3 N–H and O–H groups in total. The van der Waals surface area contributed by atoms with Crippen LogP contribution in [0, 0.1) is 0 Å². The highest BCUT2D eigenvalue weighted by atomic mass is 79.9. The van der Waals surface area contributed by atoms with Crippen molar-refractivity contribution in [1.29, 1.82) is 0 Å². The summed E-state index contributed by atoms with van der Waals surface area (Å²) in [6.45, 7) is 3.06. The zero-order valence-corrected chi connectivity index (χ0v) is 12.7. The van der Waals surface area contributed by atoms with Gasteiger partial charge in [0.15, 0.2) is 0 Å². The Labute approximate surface area is 116 Å². The molecule has 0 saturated carbocycles. The van der Waals surface area contributed by atoms with Crippen molar-refractivity contribution in [3.8, 4) is 0 Å². The normalized spacial score (nSPS) is 12.5. The van der Waals surface area contributed by atoms with Gasteiger partial charge in [-0.25, -0.2) is 0 Å². The summed E-state index contributed by atoms with van der Waals surface area (Å²) >= 11 is 8.45. The minimum Gasteiger partial charge on any atom is -0.389 e. The largest absolute Gasteiger partial charge is 0.389 e. The molecular weight excluding hydrogens is 298 g/mol. The first-order valence-electron chi connectivity index (χ1n) is 5.41. The topological polar surface area (TPSA) is 41.3 Å². The number of anilines is 1. The molecular formula is C12H18BrN3S. The van der Waals surface area contributed by atoms with Gasteiger partial charge >= 0.3 is 0 Å². The molecule has 0 amide bonds. The first-order chi connectivity index (χ1) is 7.91. The SMILES string of the molecule is CC(CNc1ccc(C(N)=S)cc1Br)N(C)C. The van der Waals surface area contributed by atoms with Gasteiger partial charge in [0, 0.05) is 28.3 Å². The van der Waals surface area contributed by atoms with Crippen LogP contribution in [0.3, 0.4) is 0 Å². The molecule has 0 aliphatic carbocycles.